The van der Waals surface area contributed by atoms with Crippen molar-refractivity contribution < 1.29 is 19.2 Å². The van der Waals surface area contributed by atoms with Crippen LogP contribution >= 0.6 is 11.6 Å². The van der Waals surface area contributed by atoms with Crippen LogP contribution < -0.4 is 5.32 Å². The van der Waals surface area contributed by atoms with Crippen molar-refractivity contribution in [2.75, 3.05) is 5.32 Å². The summed E-state index contributed by atoms with van der Waals surface area (Å²) in [6, 6.07) is 8.83. The Morgan fingerprint density at radius 2 is 2.12 bits per heavy atom. The van der Waals surface area contributed by atoms with Gasteiger partial charge in [0.25, 0.3) is 11.6 Å². The van der Waals surface area contributed by atoms with E-state index >= 15 is 0 Å². The van der Waals surface area contributed by atoms with Gasteiger partial charge in [0.2, 0.25) is 0 Å². The topological polar surface area (TPSA) is 111 Å². The molecular weight excluding hydrogens is 362 g/mol. The fourth-order valence-corrected chi connectivity index (χ4v) is 2.07. The molecule has 134 valence electrons. The summed E-state index contributed by atoms with van der Waals surface area (Å²) in [4.78, 5) is 37.9. The summed E-state index contributed by atoms with van der Waals surface area (Å²) in [5.41, 5.74) is 0.542. The summed E-state index contributed by atoms with van der Waals surface area (Å²) < 4.78 is 4.99. The molecule has 0 saturated carbocycles. The van der Waals surface area contributed by atoms with Gasteiger partial charge in [0.15, 0.2) is 6.10 Å². The Balaban J connectivity index is 1.94. The largest absolute Gasteiger partial charge is 0.449 e. The molecule has 0 aliphatic carbocycles. The minimum absolute atomic E-state index is 0.00104. The normalized spacial score (nSPS) is 11.8. The molecule has 0 aliphatic rings. The van der Waals surface area contributed by atoms with Crippen molar-refractivity contribution in [1.82, 2.24) is 4.98 Å². The molecule has 0 radical (unpaired) electrons. The van der Waals surface area contributed by atoms with Crippen LogP contribution in [0.2, 0.25) is 5.02 Å². The summed E-state index contributed by atoms with van der Waals surface area (Å²) in [5, 5.41) is 13.1. The van der Waals surface area contributed by atoms with Crippen LogP contribution in [0.3, 0.4) is 0 Å². The van der Waals surface area contributed by atoms with E-state index in [2.05, 4.69) is 10.3 Å². The van der Waals surface area contributed by atoms with Gasteiger partial charge in [0.1, 0.15) is 0 Å². The molecule has 1 unspecified atom stereocenters. The number of hydrogen-bond donors (Lipinski definition) is 1. The monoisotopic (exact) mass is 375 g/mol. The second-order valence-electron chi connectivity index (χ2n) is 5.08. The fraction of sp³-hybridized carbons (Fsp3) is 0.118. The van der Waals surface area contributed by atoms with Crippen LogP contribution in [-0.2, 0) is 14.3 Å². The van der Waals surface area contributed by atoms with E-state index in [1.807, 2.05) is 0 Å². The first-order valence-corrected chi connectivity index (χ1v) is 7.79. The molecule has 1 amide bonds. The number of nitrogens with zero attached hydrogens (tertiary/aromatic N) is 2. The molecule has 0 saturated heterocycles. The maximum atomic E-state index is 12.1. The van der Waals surface area contributed by atoms with Crippen LogP contribution in [0.4, 0.5) is 11.4 Å². The minimum Gasteiger partial charge on any atom is -0.449 e. The predicted molar refractivity (Wildman–Crippen MR) is 95.6 cm³/mol. The zero-order chi connectivity index (χ0) is 19.1. The number of rotatable bonds is 6. The average Bonchev–Trinajstić information content (AvgIpc) is 2.62. The number of nitro benzene ring substituents is 1. The lowest BCUT2D eigenvalue weighted by atomic mass is 10.2. The van der Waals surface area contributed by atoms with E-state index in [1.165, 1.54) is 25.1 Å². The molecule has 9 heteroatoms. The molecule has 1 N–H and O–H groups in total. The van der Waals surface area contributed by atoms with E-state index in [1.54, 1.807) is 24.4 Å². The zero-order valence-electron chi connectivity index (χ0n) is 13.6. The highest BCUT2D eigenvalue weighted by Crippen LogP contribution is 2.26. The SMILES string of the molecule is CC(OC(=O)/C=C/c1ccccn1)C(=O)Nc1ccc([N+](=O)[O-])cc1Cl. The van der Waals surface area contributed by atoms with Gasteiger partial charge >= 0.3 is 5.97 Å². The average molecular weight is 376 g/mol. The van der Waals surface area contributed by atoms with Crippen molar-refractivity contribution in [3.8, 4) is 0 Å². The number of halogens is 1. The fourth-order valence-electron chi connectivity index (χ4n) is 1.85. The molecule has 2 rings (SSSR count). The molecule has 0 spiro atoms. The number of nitro groups is 1. The summed E-state index contributed by atoms with van der Waals surface area (Å²) in [7, 11) is 0. The molecule has 8 nitrogen and oxygen atoms in total. The molecule has 2 aromatic rings. The molecule has 0 fully saturated rings. The van der Waals surface area contributed by atoms with Crippen LogP contribution in [0.15, 0.2) is 48.7 Å². The Labute approximate surface area is 153 Å². The van der Waals surface area contributed by atoms with Crippen molar-refractivity contribution in [1.29, 1.82) is 0 Å². The number of ether oxygens (including phenoxy) is 1. The van der Waals surface area contributed by atoms with Crippen molar-refractivity contribution in [3.63, 3.8) is 0 Å². The number of hydrogen-bond acceptors (Lipinski definition) is 6. The maximum Gasteiger partial charge on any atom is 0.331 e. The van der Waals surface area contributed by atoms with Gasteiger partial charge in [0.05, 0.1) is 21.3 Å². The lowest BCUT2D eigenvalue weighted by Gasteiger charge is -2.13. The standard InChI is InChI=1S/C17H14ClN3O5/c1-11(26-16(22)8-5-12-4-2-3-9-19-12)17(23)20-15-7-6-13(21(24)25)10-14(15)18/h2-11H,1H3,(H,20,23)/b8-5+. The van der Waals surface area contributed by atoms with Crippen LogP contribution in [0, 0.1) is 10.1 Å². The van der Waals surface area contributed by atoms with Gasteiger partial charge in [-0.1, -0.05) is 17.7 Å². The van der Waals surface area contributed by atoms with Gasteiger partial charge in [-0.25, -0.2) is 4.79 Å². The molecule has 0 bridgehead atoms. The van der Waals surface area contributed by atoms with Crippen LogP contribution in [-0.4, -0.2) is 27.9 Å². The third-order valence-electron chi connectivity index (χ3n) is 3.16. The van der Waals surface area contributed by atoms with Crippen LogP contribution in [0.25, 0.3) is 6.08 Å². The summed E-state index contributed by atoms with van der Waals surface area (Å²) in [5.74, 6) is -1.34. The predicted octanol–water partition coefficient (Wildman–Crippen LogP) is 3.23. The van der Waals surface area contributed by atoms with Crippen LogP contribution in [0.5, 0.6) is 0 Å². The van der Waals surface area contributed by atoms with Gasteiger partial charge in [-0.2, -0.15) is 0 Å². The summed E-state index contributed by atoms with van der Waals surface area (Å²) in [6.45, 7) is 1.39. The van der Waals surface area contributed by atoms with E-state index in [0.717, 1.165) is 12.1 Å². The number of non-ortho nitro benzene ring substituents is 1. The van der Waals surface area contributed by atoms with Crippen molar-refractivity contribution in [3.05, 3.63) is 69.5 Å². The van der Waals surface area contributed by atoms with Gasteiger partial charge in [-0.15, -0.1) is 0 Å². The minimum atomic E-state index is -1.10. The maximum absolute atomic E-state index is 12.1. The number of anilines is 1. The van der Waals surface area contributed by atoms with E-state index < -0.39 is 22.9 Å². The number of benzene rings is 1. The number of nitrogens with one attached hydrogen (secondary N) is 1. The zero-order valence-corrected chi connectivity index (χ0v) is 14.3. The highest BCUT2D eigenvalue weighted by Gasteiger charge is 2.18. The third-order valence-corrected chi connectivity index (χ3v) is 3.47. The smallest absolute Gasteiger partial charge is 0.331 e. The van der Waals surface area contributed by atoms with Crippen molar-refractivity contribution in [2.24, 2.45) is 0 Å². The highest BCUT2D eigenvalue weighted by atomic mass is 35.5. The quantitative estimate of drug-likeness (QED) is 0.359. The molecular formula is C17H14ClN3O5. The Kier molecular flexibility index (Phi) is 6.40. The second-order valence-corrected chi connectivity index (χ2v) is 5.48. The number of carbonyl (C=O) groups excluding carboxylic acids is 2. The van der Waals surface area contributed by atoms with E-state index in [0.29, 0.717) is 5.69 Å². The Hall–Kier alpha value is -3.26. The van der Waals surface area contributed by atoms with E-state index in [9.17, 15) is 19.7 Å². The number of esters is 1. The summed E-state index contributed by atoms with van der Waals surface area (Å²) in [6.07, 6.45) is 3.10. The van der Waals surface area contributed by atoms with Gasteiger partial charge in [-0.05, 0) is 31.2 Å². The molecule has 1 atom stereocenters. The van der Waals surface area contributed by atoms with Crippen molar-refractivity contribution in [2.45, 2.75) is 13.0 Å². The van der Waals surface area contributed by atoms with Crippen molar-refractivity contribution >= 4 is 40.9 Å². The highest BCUT2D eigenvalue weighted by molar-refractivity contribution is 6.34. The number of aromatic nitrogens is 1. The first-order chi connectivity index (χ1) is 12.4. The second kappa shape index (κ2) is 8.72. The first-order valence-electron chi connectivity index (χ1n) is 7.41. The molecule has 1 heterocycles. The third kappa shape index (κ3) is 5.38. The van der Waals surface area contributed by atoms with Gasteiger partial charge in [0, 0.05) is 24.4 Å². The Morgan fingerprint density at radius 3 is 2.73 bits per heavy atom. The lowest BCUT2D eigenvalue weighted by molar-refractivity contribution is -0.384. The number of amides is 1. The lowest BCUT2D eigenvalue weighted by Crippen LogP contribution is -2.29. The molecule has 26 heavy (non-hydrogen) atoms. The molecule has 1 aromatic carbocycles. The number of carbonyl (C=O) groups is 2. The first kappa shape index (κ1) is 19.1. The van der Waals surface area contributed by atoms with Crippen LogP contribution in [0.1, 0.15) is 12.6 Å². The Bertz CT molecular complexity index is 855. The summed E-state index contributed by atoms with van der Waals surface area (Å²) >= 11 is 5.90. The molecule has 0 aliphatic heterocycles. The van der Waals surface area contributed by atoms with E-state index in [-0.39, 0.29) is 16.4 Å². The van der Waals surface area contributed by atoms with E-state index in [4.69, 9.17) is 16.3 Å². The van der Waals surface area contributed by atoms with Gasteiger partial charge < -0.3 is 10.1 Å². The number of pyridine rings is 1. The molecule has 1 aromatic heterocycles. The van der Waals surface area contributed by atoms with Gasteiger partial charge in [-0.3, -0.25) is 19.9 Å². The Morgan fingerprint density at radius 1 is 1.35 bits per heavy atom.